The third kappa shape index (κ3) is 2.56. The van der Waals surface area contributed by atoms with Gasteiger partial charge in [0.15, 0.2) is 0 Å². The monoisotopic (exact) mass is 324 g/mol. The summed E-state index contributed by atoms with van der Waals surface area (Å²) in [5.74, 6) is 0.214. The van der Waals surface area contributed by atoms with Crippen LogP contribution in [0.25, 0.3) is 0 Å². The zero-order valence-electron chi connectivity index (χ0n) is 12.1. The number of benzene rings is 1. The van der Waals surface area contributed by atoms with Crippen molar-refractivity contribution in [3.8, 4) is 0 Å². The minimum Gasteiger partial charge on any atom is -0.289 e. The number of alkyl halides is 3. The van der Waals surface area contributed by atoms with E-state index in [2.05, 4.69) is 25.6 Å². The largest absolute Gasteiger partial charge is 0.442 e. The molecule has 2 aromatic rings. The second kappa shape index (κ2) is 4.86. The molecule has 120 valence electrons. The van der Waals surface area contributed by atoms with E-state index in [0.717, 1.165) is 0 Å². The summed E-state index contributed by atoms with van der Waals surface area (Å²) in [6.07, 6.45) is -4.59. The molecule has 0 saturated carbocycles. The van der Waals surface area contributed by atoms with Crippen molar-refractivity contribution in [1.29, 1.82) is 0 Å². The van der Waals surface area contributed by atoms with Crippen LogP contribution in [0.15, 0.2) is 34.5 Å². The predicted octanol–water partition coefficient (Wildman–Crippen LogP) is 2.56. The first-order chi connectivity index (χ1) is 10.7. The average Bonchev–Trinajstić information content (AvgIpc) is 3.23. The van der Waals surface area contributed by atoms with Crippen LogP contribution in [0.4, 0.5) is 19.1 Å². The number of amides is 1. The van der Waals surface area contributed by atoms with E-state index >= 15 is 0 Å². The van der Waals surface area contributed by atoms with Gasteiger partial charge in [-0.3, -0.25) is 14.8 Å². The van der Waals surface area contributed by atoms with E-state index in [9.17, 15) is 18.0 Å². The number of hydrogen-bond donors (Lipinski definition) is 1. The number of carbonyl (C=O) groups excluding carboxylic acids is 1. The van der Waals surface area contributed by atoms with Gasteiger partial charge >= 0.3 is 11.8 Å². The molecule has 10 heteroatoms. The molecule has 0 saturated heterocycles. The first kappa shape index (κ1) is 15.1. The number of nitrogens with one attached hydrogen (secondary N) is 1. The molecule has 3 rings (SSSR count). The smallest absolute Gasteiger partial charge is 0.289 e. The molecule has 7 nitrogen and oxygen atoms in total. The lowest BCUT2D eigenvalue weighted by atomic mass is 10.0. The maximum Gasteiger partial charge on any atom is 0.442 e. The molecule has 1 N–H and O–H groups in total. The average molecular weight is 324 g/mol. The Hall–Kier alpha value is -2.78. The summed E-state index contributed by atoms with van der Waals surface area (Å²) in [6.45, 7) is 1.72. The van der Waals surface area contributed by atoms with Crippen molar-refractivity contribution >= 4 is 11.9 Å². The molecule has 1 aromatic carbocycles. The summed E-state index contributed by atoms with van der Waals surface area (Å²) in [4.78, 5) is 16.1. The lowest BCUT2D eigenvalue weighted by Gasteiger charge is -2.14. The standard InChI is InChI=1S/C13H11F3N6O/c1-7-17-11(19-22(7)2)18-10(23)8-3-5-9(6-4-8)12(20-21-12)13(14,15)16/h3-6H,1-2H3,(H,18,19,23). The zero-order chi connectivity index (χ0) is 16.8. The SMILES string of the molecule is Cc1nc(NC(=O)c2ccc(C3(C(F)(F)F)N=N3)cc2)nn1C. The van der Waals surface area contributed by atoms with Crippen molar-refractivity contribution in [2.75, 3.05) is 5.32 Å². The van der Waals surface area contributed by atoms with Gasteiger partial charge in [-0.05, 0) is 19.1 Å². The maximum absolute atomic E-state index is 12.9. The fourth-order valence-electron chi connectivity index (χ4n) is 1.99. The van der Waals surface area contributed by atoms with Gasteiger partial charge in [-0.1, -0.05) is 12.1 Å². The predicted molar refractivity (Wildman–Crippen MR) is 72.7 cm³/mol. The minimum absolute atomic E-state index is 0.123. The Labute approximate surface area is 128 Å². The third-order valence-corrected chi connectivity index (χ3v) is 3.45. The molecule has 2 heterocycles. The Morgan fingerprint density at radius 3 is 2.26 bits per heavy atom. The van der Waals surface area contributed by atoms with E-state index in [4.69, 9.17) is 0 Å². The van der Waals surface area contributed by atoms with Crippen molar-refractivity contribution in [3.63, 3.8) is 0 Å². The molecule has 0 fully saturated rings. The molecule has 0 aliphatic carbocycles. The highest BCUT2D eigenvalue weighted by Crippen LogP contribution is 2.52. The topological polar surface area (TPSA) is 84.5 Å². The number of carbonyl (C=O) groups is 1. The van der Waals surface area contributed by atoms with Crippen molar-refractivity contribution < 1.29 is 18.0 Å². The number of aromatic nitrogens is 3. The normalized spacial score (nSPS) is 15.5. The van der Waals surface area contributed by atoms with Gasteiger partial charge in [-0.15, -0.1) is 15.3 Å². The number of anilines is 1. The molecule has 0 atom stereocenters. The Kier molecular flexibility index (Phi) is 3.20. The van der Waals surface area contributed by atoms with Crippen molar-refractivity contribution in [1.82, 2.24) is 14.8 Å². The molecule has 0 spiro atoms. The van der Waals surface area contributed by atoms with Crippen LogP contribution in [0.2, 0.25) is 0 Å². The molecule has 23 heavy (non-hydrogen) atoms. The van der Waals surface area contributed by atoms with Gasteiger partial charge in [0.05, 0.1) is 0 Å². The first-order valence-electron chi connectivity index (χ1n) is 6.53. The number of rotatable bonds is 3. The minimum atomic E-state index is -4.59. The van der Waals surface area contributed by atoms with Gasteiger partial charge in [0, 0.05) is 18.2 Å². The highest BCUT2D eigenvalue weighted by atomic mass is 19.4. The second-order valence-corrected chi connectivity index (χ2v) is 5.01. The summed E-state index contributed by atoms with van der Waals surface area (Å²) in [5.41, 5.74) is -2.44. The Morgan fingerprint density at radius 2 is 1.83 bits per heavy atom. The maximum atomic E-state index is 12.9. The second-order valence-electron chi connectivity index (χ2n) is 5.01. The molecule has 1 aliphatic rings. The van der Waals surface area contributed by atoms with Gasteiger partial charge in [-0.2, -0.15) is 18.2 Å². The van der Waals surface area contributed by atoms with Crippen molar-refractivity contribution in [3.05, 3.63) is 41.2 Å². The molecule has 1 amide bonds. The first-order valence-corrected chi connectivity index (χ1v) is 6.53. The summed E-state index contributed by atoms with van der Waals surface area (Å²) < 4.78 is 40.1. The van der Waals surface area contributed by atoms with Gasteiger partial charge in [-0.25, -0.2) is 0 Å². The molecule has 1 aromatic heterocycles. The quantitative estimate of drug-likeness (QED) is 0.941. The lowest BCUT2D eigenvalue weighted by molar-refractivity contribution is -0.166. The van der Waals surface area contributed by atoms with Crippen molar-refractivity contribution in [2.24, 2.45) is 17.3 Å². The van der Waals surface area contributed by atoms with Crippen LogP contribution in [0.5, 0.6) is 0 Å². The number of aryl methyl sites for hydroxylation is 2. The number of hydrogen-bond acceptors (Lipinski definition) is 5. The van der Waals surface area contributed by atoms with Gasteiger partial charge in [0.25, 0.3) is 5.91 Å². The van der Waals surface area contributed by atoms with Crippen LogP contribution in [-0.2, 0) is 12.7 Å². The van der Waals surface area contributed by atoms with Crippen LogP contribution in [0, 0.1) is 6.92 Å². The Balaban J connectivity index is 1.76. The van der Waals surface area contributed by atoms with E-state index in [0.29, 0.717) is 5.82 Å². The summed E-state index contributed by atoms with van der Waals surface area (Å²) in [7, 11) is 1.67. The van der Waals surface area contributed by atoms with Crippen LogP contribution in [0.1, 0.15) is 21.7 Å². The Morgan fingerprint density at radius 1 is 1.22 bits per heavy atom. The third-order valence-electron chi connectivity index (χ3n) is 3.45. The number of nitrogens with zero attached hydrogens (tertiary/aromatic N) is 5. The summed E-state index contributed by atoms with van der Waals surface area (Å²) in [5, 5.41) is 12.7. The summed E-state index contributed by atoms with van der Waals surface area (Å²) in [6, 6.07) is 4.91. The van der Waals surface area contributed by atoms with E-state index < -0.39 is 17.7 Å². The highest BCUT2D eigenvalue weighted by molar-refractivity contribution is 6.03. The lowest BCUT2D eigenvalue weighted by Crippen LogP contribution is -2.30. The fourth-order valence-corrected chi connectivity index (χ4v) is 1.99. The van der Waals surface area contributed by atoms with E-state index in [-0.39, 0.29) is 17.1 Å². The molecular weight excluding hydrogens is 313 g/mol. The fraction of sp³-hybridized carbons (Fsp3) is 0.308. The van der Waals surface area contributed by atoms with Gasteiger partial charge in [0.2, 0.25) is 5.95 Å². The van der Waals surface area contributed by atoms with Gasteiger partial charge in [0.1, 0.15) is 5.82 Å². The molecule has 0 bridgehead atoms. The van der Waals surface area contributed by atoms with Crippen molar-refractivity contribution in [2.45, 2.75) is 18.8 Å². The molecular formula is C13H11F3N6O. The molecule has 0 radical (unpaired) electrons. The van der Waals surface area contributed by atoms with E-state index in [1.165, 1.54) is 28.9 Å². The zero-order valence-corrected chi connectivity index (χ0v) is 12.1. The van der Waals surface area contributed by atoms with Crippen LogP contribution < -0.4 is 5.32 Å². The number of halogens is 3. The van der Waals surface area contributed by atoms with Crippen LogP contribution >= 0.6 is 0 Å². The van der Waals surface area contributed by atoms with Gasteiger partial charge < -0.3 is 0 Å². The summed E-state index contributed by atoms with van der Waals surface area (Å²) >= 11 is 0. The van der Waals surface area contributed by atoms with Crippen LogP contribution in [0.3, 0.4) is 0 Å². The van der Waals surface area contributed by atoms with Crippen LogP contribution in [-0.4, -0.2) is 26.8 Å². The molecule has 0 unspecified atom stereocenters. The van der Waals surface area contributed by atoms with E-state index in [1.807, 2.05) is 0 Å². The highest BCUT2D eigenvalue weighted by Gasteiger charge is 2.65. The molecule has 1 aliphatic heterocycles. The Bertz CT molecular complexity index is 768. The van der Waals surface area contributed by atoms with E-state index in [1.54, 1.807) is 14.0 Å².